The fraction of sp³-hybridized carbons (Fsp3) is 0.222. The maximum Gasteiger partial charge on any atom is 0.140 e. The lowest BCUT2D eigenvalue weighted by atomic mass is 10.0. The molecule has 4 heteroatoms. The monoisotopic (exact) mass is 288 g/mol. The molecule has 0 radical (unpaired) electrons. The molecule has 22 heavy (non-hydrogen) atoms. The minimum Gasteiger partial charge on any atom is -0.364 e. The Kier molecular flexibility index (Phi) is 3.05. The molecule has 1 N–H and O–H groups in total. The number of H-pyrrole nitrogens is 1. The normalized spacial score (nSPS) is 17.8. The summed E-state index contributed by atoms with van der Waals surface area (Å²) in [5.74, 6) is 0. The highest BCUT2D eigenvalue weighted by Crippen LogP contribution is 2.39. The molecular weight excluding hydrogens is 272 g/mol. The van der Waals surface area contributed by atoms with Gasteiger partial charge >= 0.3 is 0 Å². The van der Waals surface area contributed by atoms with Gasteiger partial charge in [0.15, 0.2) is 0 Å². The minimum atomic E-state index is 0.369. The van der Waals surface area contributed by atoms with E-state index in [1.54, 1.807) is 6.20 Å². The highest BCUT2D eigenvalue weighted by Gasteiger charge is 2.28. The first-order valence-electron chi connectivity index (χ1n) is 7.56. The summed E-state index contributed by atoms with van der Waals surface area (Å²) in [5.41, 5.74) is 3.89. The number of rotatable bonds is 2. The van der Waals surface area contributed by atoms with Gasteiger partial charge in [0.25, 0.3) is 0 Å². The minimum absolute atomic E-state index is 0.369. The van der Waals surface area contributed by atoms with E-state index in [2.05, 4.69) is 45.2 Å². The van der Waals surface area contributed by atoms with E-state index in [4.69, 9.17) is 0 Å². The zero-order chi connectivity index (χ0) is 14.9. The van der Waals surface area contributed by atoms with Crippen LogP contribution in [0, 0.1) is 11.3 Å². The summed E-state index contributed by atoms with van der Waals surface area (Å²) < 4.78 is 0. The molecule has 1 aromatic carbocycles. The van der Waals surface area contributed by atoms with Gasteiger partial charge in [0.05, 0.1) is 22.7 Å². The van der Waals surface area contributed by atoms with Gasteiger partial charge in [0, 0.05) is 18.9 Å². The Bertz CT molecular complexity index is 844. The van der Waals surface area contributed by atoms with Crippen LogP contribution in [0.4, 0.5) is 5.69 Å². The standard InChI is InChI=1S/C18H16N4/c19-11-14-12-21-18-17(14)16(8-9-20-18)22-10-4-7-15(22)13-5-2-1-3-6-13/h1-3,5-6,8-9,12,15H,4,7,10H2,(H,20,21). The summed E-state index contributed by atoms with van der Waals surface area (Å²) >= 11 is 0. The average Bonchev–Trinajstić information content (AvgIpc) is 3.22. The van der Waals surface area contributed by atoms with E-state index in [0.29, 0.717) is 11.6 Å². The molecule has 0 amide bonds. The van der Waals surface area contributed by atoms with E-state index in [-0.39, 0.29) is 0 Å². The van der Waals surface area contributed by atoms with Gasteiger partial charge in [-0.2, -0.15) is 5.26 Å². The number of benzene rings is 1. The van der Waals surface area contributed by atoms with Crippen molar-refractivity contribution >= 4 is 16.7 Å². The summed E-state index contributed by atoms with van der Waals surface area (Å²) in [5, 5.41) is 10.3. The number of hydrogen-bond donors (Lipinski definition) is 1. The molecule has 1 aliphatic rings. The van der Waals surface area contributed by atoms with Gasteiger partial charge in [0.1, 0.15) is 11.7 Å². The van der Waals surface area contributed by atoms with Gasteiger partial charge in [-0.05, 0) is 24.5 Å². The van der Waals surface area contributed by atoms with Gasteiger partial charge in [-0.3, -0.25) is 0 Å². The fourth-order valence-corrected chi connectivity index (χ4v) is 3.44. The number of anilines is 1. The molecule has 0 bridgehead atoms. The van der Waals surface area contributed by atoms with Crippen LogP contribution >= 0.6 is 0 Å². The molecule has 0 saturated carbocycles. The van der Waals surface area contributed by atoms with Crippen molar-refractivity contribution in [2.45, 2.75) is 18.9 Å². The lowest BCUT2D eigenvalue weighted by Crippen LogP contribution is -2.22. The number of nitrogens with one attached hydrogen (secondary N) is 1. The highest BCUT2D eigenvalue weighted by molar-refractivity contribution is 5.95. The summed E-state index contributed by atoms with van der Waals surface area (Å²) in [6.45, 7) is 1.01. The molecule has 0 aliphatic carbocycles. The molecule has 1 fully saturated rings. The smallest absolute Gasteiger partial charge is 0.140 e. The van der Waals surface area contributed by atoms with Crippen LogP contribution in [0.15, 0.2) is 48.8 Å². The zero-order valence-corrected chi connectivity index (χ0v) is 12.2. The molecule has 2 aromatic heterocycles. The molecule has 4 nitrogen and oxygen atoms in total. The molecule has 4 rings (SSSR count). The van der Waals surface area contributed by atoms with Crippen LogP contribution in [-0.4, -0.2) is 16.5 Å². The lowest BCUT2D eigenvalue weighted by molar-refractivity contribution is 0.721. The third-order valence-electron chi connectivity index (χ3n) is 4.42. The number of aromatic nitrogens is 2. The first-order chi connectivity index (χ1) is 10.9. The Morgan fingerprint density at radius 1 is 1.23 bits per heavy atom. The Morgan fingerprint density at radius 3 is 2.91 bits per heavy atom. The highest BCUT2D eigenvalue weighted by atomic mass is 15.2. The Balaban J connectivity index is 1.84. The van der Waals surface area contributed by atoms with Crippen LogP contribution in [-0.2, 0) is 0 Å². The van der Waals surface area contributed by atoms with Crippen LogP contribution in [0.5, 0.6) is 0 Å². The summed E-state index contributed by atoms with van der Waals surface area (Å²) in [6, 6.07) is 15.3. The van der Waals surface area contributed by atoms with Crippen LogP contribution in [0.2, 0.25) is 0 Å². The van der Waals surface area contributed by atoms with Crippen molar-refractivity contribution in [3.8, 4) is 6.07 Å². The molecule has 0 spiro atoms. The molecule has 1 saturated heterocycles. The molecule has 1 atom stereocenters. The first-order valence-corrected chi connectivity index (χ1v) is 7.56. The Labute approximate surface area is 129 Å². The van der Waals surface area contributed by atoms with Crippen molar-refractivity contribution in [1.29, 1.82) is 5.26 Å². The molecule has 3 heterocycles. The van der Waals surface area contributed by atoms with Crippen molar-refractivity contribution in [3.05, 3.63) is 59.9 Å². The fourth-order valence-electron chi connectivity index (χ4n) is 3.44. The lowest BCUT2D eigenvalue weighted by Gasteiger charge is -2.27. The van der Waals surface area contributed by atoms with E-state index < -0.39 is 0 Å². The average molecular weight is 288 g/mol. The predicted molar refractivity (Wildman–Crippen MR) is 86.6 cm³/mol. The SMILES string of the molecule is N#Cc1c[nH]c2nccc(N3CCCC3c3ccccc3)c12. The predicted octanol–water partition coefficient (Wildman–Crippen LogP) is 3.78. The summed E-state index contributed by atoms with van der Waals surface area (Å²) in [7, 11) is 0. The van der Waals surface area contributed by atoms with Crippen molar-refractivity contribution in [2.75, 3.05) is 11.4 Å². The van der Waals surface area contributed by atoms with Gasteiger partial charge in [-0.25, -0.2) is 4.98 Å². The summed E-state index contributed by atoms with van der Waals surface area (Å²) in [4.78, 5) is 9.85. The first kappa shape index (κ1) is 12.9. The van der Waals surface area contributed by atoms with Crippen LogP contribution in [0.1, 0.15) is 30.0 Å². The third-order valence-corrected chi connectivity index (χ3v) is 4.42. The van der Waals surface area contributed by atoms with Gasteiger partial charge in [-0.1, -0.05) is 30.3 Å². The number of pyridine rings is 1. The topological polar surface area (TPSA) is 55.7 Å². The van der Waals surface area contributed by atoms with E-state index >= 15 is 0 Å². The third kappa shape index (κ3) is 1.94. The van der Waals surface area contributed by atoms with E-state index in [1.165, 1.54) is 5.56 Å². The van der Waals surface area contributed by atoms with Crippen LogP contribution in [0.3, 0.4) is 0 Å². The van der Waals surface area contributed by atoms with Crippen molar-refractivity contribution < 1.29 is 0 Å². The number of aromatic amines is 1. The number of nitriles is 1. The second-order valence-corrected chi connectivity index (χ2v) is 5.63. The number of fused-ring (bicyclic) bond motifs is 1. The van der Waals surface area contributed by atoms with Crippen molar-refractivity contribution in [3.63, 3.8) is 0 Å². The Morgan fingerprint density at radius 2 is 2.09 bits per heavy atom. The molecule has 1 unspecified atom stereocenters. The van der Waals surface area contributed by atoms with Crippen molar-refractivity contribution in [1.82, 2.24) is 9.97 Å². The second-order valence-electron chi connectivity index (χ2n) is 5.63. The van der Waals surface area contributed by atoms with E-state index in [1.807, 2.05) is 18.3 Å². The maximum atomic E-state index is 9.36. The zero-order valence-electron chi connectivity index (χ0n) is 12.2. The van der Waals surface area contributed by atoms with Crippen molar-refractivity contribution in [2.24, 2.45) is 0 Å². The number of nitrogens with zero attached hydrogens (tertiary/aromatic N) is 3. The molecule has 108 valence electrons. The quantitative estimate of drug-likeness (QED) is 0.780. The van der Waals surface area contributed by atoms with Gasteiger partial charge in [0.2, 0.25) is 0 Å². The molecule has 3 aromatic rings. The maximum absolute atomic E-state index is 9.36. The van der Waals surface area contributed by atoms with Gasteiger partial charge in [-0.15, -0.1) is 0 Å². The summed E-state index contributed by atoms with van der Waals surface area (Å²) in [6.07, 6.45) is 5.86. The number of hydrogen-bond acceptors (Lipinski definition) is 3. The van der Waals surface area contributed by atoms with Crippen LogP contribution < -0.4 is 4.90 Å². The van der Waals surface area contributed by atoms with E-state index in [9.17, 15) is 5.26 Å². The Hall–Kier alpha value is -2.80. The largest absolute Gasteiger partial charge is 0.364 e. The molecule has 1 aliphatic heterocycles. The van der Waals surface area contributed by atoms with Gasteiger partial charge < -0.3 is 9.88 Å². The van der Waals surface area contributed by atoms with E-state index in [0.717, 1.165) is 36.1 Å². The second kappa shape index (κ2) is 5.19. The van der Waals surface area contributed by atoms with Crippen LogP contribution in [0.25, 0.3) is 11.0 Å². The molecular formula is C18H16N4.